The lowest BCUT2D eigenvalue weighted by atomic mass is 10.1. The predicted octanol–water partition coefficient (Wildman–Crippen LogP) is 2.97. The molecule has 2 heterocycles. The number of benzene rings is 2. The number of thioether (sulfide) groups is 1. The van der Waals surface area contributed by atoms with Gasteiger partial charge in [-0.2, -0.15) is 0 Å². The number of aryl methyl sites for hydroxylation is 1. The monoisotopic (exact) mass is 459 g/mol. The molecule has 2 atom stereocenters. The SMILES string of the molecule is CCc1ccc(N(CC(=O)Nc2ccccc2OC)C2=NC3CS(=O)(=O)CC3S2)cc1. The van der Waals surface area contributed by atoms with Crippen molar-refractivity contribution in [2.45, 2.75) is 24.6 Å². The number of carbonyl (C=O) groups excluding carboxylic acids is 1. The topological polar surface area (TPSA) is 88.1 Å². The van der Waals surface area contributed by atoms with Crippen LogP contribution >= 0.6 is 11.8 Å². The van der Waals surface area contributed by atoms with E-state index in [1.165, 1.54) is 17.3 Å². The number of amides is 1. The number of rotatable bonds is 6. The number of anilines is 2. The fourth-order valence-electron chi connectivity index (χ4n) is 3.73. The first kappa shape index (κ1) is 21.7. The minimum atomic E-state index is -3.04. The Kier molecular flexibility index (Phi) is 6.24. The number of para-hydroxylation sites is 2. The molecule has 31 heavy (non-hydrogen) atoms. The summed E-state index contributed by atoms with van der Waals surface area (Å²) in [6.07, 6.45) is 0.923. The Morgan fingerprint density at radius 1 is 1.19 bits per heavy atom. The maximum absolute atomic E-state index is 12.9. The second-order valence-electron chi connectivity index (χ2n) is 7.57. The Labute approximate surface area is 186 Å². The van der Waals surface area contributed by atoms with Crippen LogP contribution in [0.15, 0.2) is 53.5 Å². The van der Waals surface area contributed by atoms with Crippen LogP contribution < -0.4 is 15.0 Å². The Morgan fingerprint density at radius 2 is 1.94 bits per heavy atom. The summed E-state index contributed by atoms with van der Waals surface area (Å²) in [5.74, 6) is 0.578. The number of ether oxygens (including phenoxy) is 1. The first-order chi connectivity index (χ1) is 14.9. The van der Waals surface area contributed by atoms with Crippen LogP contribution in [0.5, 0.6) is 5.75 Å². The lowest BCUT2D eigenvalue weighted by Gasteiger charge is -2.24. The van der Waals surface area contributed by atoms with Crippen molar-refractivity contribution < 1.29 is 17.9 Å². The van der Waals surface area contributed by atoms with Gasteiger partial charge >= 0.3 is 0 Å². The Morgan fingerprint density at radius 3 is 2.61 bits per heavy atom. The van der Waals surface area contributed by atoms with Crippen LogP contribution in [0.25, 0.3) is 0 Å². The number of fused-ring (bicyclic) bond motifs is 1. The van der Waals surface area contributed by atoms with Gasteiger partial charge in [0.05, 0.1) is 30.3 Å². The second-order valence-corrected chi connectivity index (χ2v) is 10.9. The van der Waals surface area contributed by atoms with Crippen LogP contribution in [0.3, 0.4) is 0 Å². The average molecular weight is 460 g/mol. The fraction of sp³-hybridized carbons (Fsp3) is 0.364. The molecular weight excluding hydrogens is 434 g/mol. The molecule has 1 N–H and O–H groups in total. The Hall–Kier alpha value is -2.52. The highest BCUT2D eigenvalue weighted by atomic mass is 32.2. The van der Waals surface area contributed by atoms with E-state index in [9.17, 15) is 13.2 Å². The highest BCUT2D eigenvalue weighted by Gasteiger charge is 2.44. The van der Waals surface area contributed by atoms with Crippen LogP contribution in [0.2, 0.25) is 0 Å². The molecule has 0 aromatic heterocycles. The molecule has 1 saturated heterocycles. The number of hydrogen-bond acceptors (Lipinski definition) is 7. The summed E-state index contributed by atoms with van der Waals surface area (Å²) in [6, 6.07) is 15.0. The fourth-order valence-corrected chi connectivity index (χ4v) is 7.51. The summed E-state index contributed by atoms with van der Waals surface area (Å²) in [6.45, 7) is 2.15. The number of methoxy groups -OCH3 is 1. The quantitative estimate of drug-likeness (QED) is 0.715. The molecule has 0 saturated carbocycles. The van der Waals surface area contributed by atoms with Gasteiger partial charge in [0.25, 0.3) is 0 Å². The van der Waals surface area contributed by atoms with Crippen molar-refractivity contribution in [3.63, 3.8) is 0 Å². The van der Waals surface area contributed by atoms with Crippen LogP contribution in [0.4, 0.5) is 11.4 Å². The molecule has 7 nitrogen and oxygen atoms in total. The zero-order valence-corrected chi connectivity index (χ0v) is 19.1. The maximum atomic E-state index is 12.9. The van der Waals surface area contributed by atoms with Crippen LogP contribution in [0, 0.1) is 0 Å². The van der Waals surface area contributed by atoms with E-state index in [2.05, 4.69) is 17.2 Å². The van der Waals surface area contributed by atoms with Gasteiger partial charge in [0.1, 0.15) is 12.3 Å². The van der Waals surface area contributed by atoms with Crippen molar-refractivity contribution >= 4 is 44.0 Å². The summed E-state index contributed by atoms with van der Waals surface area (Å²) in [5.41, 5.74) is 2.65. The van der Waals surface area contributed by atoms with Crippen molar-refractivity contribution in [2.75, 3.05) is 35.4 Å². The van der Waals surface area contributed by atoms with Gasteiger partial charge in [-0.3, -0.25) is 9.79 Å². The molecule has 2 unspecified atom stereocenters. The number of sulfone groups is 1. The van der Waals surface area contributed by atoms with Crippen LogP contribution in [0.1, 0.15) is 12.5 Å². The maximum Gasteiger partial charge on any atom is 0.244 e. The lowest BCUT2D eigenvalue weighted by Crippen LogP contribution is -2.36. The van der Waals surface area contributed by atoms with E-state index in [1.54, 1.807) is 19.2 Å². The molecule has 0 spiro atoms. The molecular formula is C22H25N3O4S2. The molecule has 0 bridgehead atoms. The van der Waals surface area contributed by atoms with E-state index in [1.807, 2.05) is 41.3 Å². The Bertz CT molecular complexity index is 1100. The van der Waals surface area contributed by atoms with Crippen LogP contribution in [-0.2, 0) is 21.1 Å². The van der Waals surface area contributed by atoms with Gasteiger partial charge in [-0.15, -0.1) is 0 Å². The molecule has 1 amide bonds. The highest BCUT2D eigenvalue weighted by Crippen LogP contribution is 2.37. The minimum absolute atomic E-state index is 0.0571. The van der Waals surface area contributed by atoms with E-state index in [-0.39, 0.29) is 35.2 Å². The standard InChI is InChI=1S/C22H25N3O4S2/c1-3-15-8-10-16(11-9-15)25(22-24-18-13-31(27,28)14-20(18)30-22)12-21(26)23-17-6-4-5-7-19(17)29-2/h4-11,18,20H,3,12-14H2,1-2H3,(H,23,26). The molecule has 2 aromatic carbocycles. The number of amidine groups is 1. The molecule has 0 aliphatic carbocycles. The lowest BCUT2D eigenvalue weighted by molar-refractivity contribution is -0.114. The smallest absolute Gasteiger partial charge is 0.244 e. The van der Waals surface area contributed by atoms with Gasteiger partial charge in [0.2, 0.25) is 5.91 Å². The zero-order chi connectivity index (χ0) is 22.0. The van der Waals surface area contributed by atoms with Gasteiger partial charge in [0, 0.05) is 10.9 Å². The predicted molar refractivity (Wildman–Crippen MR) is 126 cm³/mol. The summed E-state index contributed by atoms with van der Waals surface area (Å²) >= 11 is 1.44. The third-order valence-corrected chi connectivity index (χ3v) is 8.62. The molecule has 164 valence electrons. The van der Waals surface area contributed by atoms with Crippen molar-refractivity contribution in [1.82, 2.24) is 0 Å². The molecule has 2 aliphatic rings. The number of nitrogens with one attached hydrogen (secondary N) is 1. The molecule has 2 aliphatic heterocycles. The highest BCUT2D eigenvalue weighted by molar-refractivity contribution is 8.15. The number of nitrogens with zero attached hydrogens (tertiary/aromatic N) is 2. The summed E-state index contributed by atoms with van der Waals surface area (Å²) in [4.78, 5) is 19.5. The number of aliphatic imine (C=N–C) groups is 1. The van der Waals surface area contributed by atoms with Gasteiger partial charge in [-0.25, -0.2) is 8.42 Å². The van der Waals surface area contributed by atoms with Gasteiger partial charge < -0.3 is 15.0 Å². The van der Waals surface area contributed by atoms with E-state index >= 15 is 0 Å². The first-order valence-electron chi connectivity index (χ1n) is 10.1. The van der Waals surface area contributed by atoms with Gasteiger partial charge in [-0.1, -0.05) is 43.0 Å². The van der Waals surface area contributed by atoms with Crippen LogP contribution in [-0.4, -0.2) is 55.9 Å². The van der Waals surface area contributed by atoms with E-state index in [0.717, 1.165) is 12.1 Å². The van der Waals surface area contributed by atoms with Crippen molar-refractivity contribution in [1.29, 1.82) is 0 Å². The van der Waals surface area contributed by atoms with Crippen molar-refractivity contribution in [3.05, 3.63) is 54.1 Å². The third kappa shape index (κ3) is 4.88. The number of carbonyl (C=O) groups is 1. The first-order valence-corrected chi connectivity index (χ1v) is 12.8. The summed E-state index contributed by atoms with van der Waals surface area (Å²) in [5, 5.41) is 3.50. The largest absolute Gasteiger partial charge is 0.495 e. The minimum Gasteiger partial charge on any atom is -0.495 e. The molecule has 1 fully saturated rings. The van der Waals surface area contributed by atoms with E-state index in [0.29, 0.717) is 16.6 Å². The molecule has 2 aromatic rings. The van der Waals surface area contributed by atoms with Crippen molar-refractivity contribution in [2.24, 2.45) is 4.99 Å². The molecule has 0 radical (unpaired) electrons. The molecule has 4 rings (SSSR count). The normalized spacial score (nSPS) is 21.3. The summed E-state index contributed by atoms with van der Waals surface area (Å²) in [7, 11) is -1.48. The van der Waals surface area contributed by atoms with E-state index in [4.69, 9.17) is 4.74 Å². The van der Waals surface area contributed by atoms with Gasteiger partial charge in [0.15, 0.2) is 15.0 Å². The zero-order valence-electron chi connectivity index (χ0n) is 17.4. The van der Waals surface area contributed by atoms with Crippen molar-refractivity contribution in [3.8, 4) is 5.75 Å². The third-order valence-electron chi connectivity index (χ3n) is 5.38. The number of hydrogen-bond donors (Lipinski definition) is 1. The average Bonchev–Trinajstić information content (AvgIpc) is 3.26. The van der Waals surface area contributed by atoms with E-state index < -0.39 is 9.84 Å². The second kappa shape index (κ2) is 8.92. The summed E-state index contributed by atoms with van der Waals surface area (Å²) < 4.78 is 29.2. The Balaban J connectivity index is 1.58. The molecule has 9 heteroatoms. The van der Waals surface area contributed by atoms with Gasteiger partial charge in [-0.05, 0) is 36.2 Å².